The molecule has 0 aliphatic carbocycles. The first-order chi connectivity index (χ1) is 9.85. The summed E-state index contributed by atoms with van der Waals surface area (Å²) in [5, 5.41) is 0. The number of aryl methyl sites for hydroxylation is 1. The van der Waals surface area contributed by atoms with E-state index in [0.29, 0.717) is 13.2 Å². The fourth-order valence-corrected chi connectivity index (χ4v) is 3.40. The summed E-state index contributed by atoms with van der Waals surface area (Å²) in [6.07, 6.45) is -0.330. The van der Waals surface area contributed by atoms with Crippen molar-refractivity contribution in [2.75, 3.05) is 27.4 Å². The molecule has 120 valence electrons. The number of hydrogen-bond donors (Lipinski definition) is 2. The van der Waals surface area contributed by atoms with E-state index < -0.39 is 10.0 Å². The Morgan fingerprint density at radius 3 is 2.48 bits per heavy atom. The van der Waals surface area contributed by atoms with Crippen LogP contribution in [0.4, 0.5) is 0 Å². The summed E-state index contributed by atoms with van der Waals surface area (Å²) < 4.78 is 37.6. The minimum Gasteiger partial charge on any atom is -0.382 e. The van der Waals surface area contributed by atoms with Gasteiger partial charge in [0, 0.05) is 27.3 Å². The molecule has 7 heteroatoms. The molecule has 1 atom stereocenters. The number of sulfonamides is 1. The molecule has 3 N–H and O–H groups in total. The Hall–Kier alpha value is -0.990. The van der Waals surface area contributed by atoms with E-state index in [2.05, 4.69) is 4.72 Å². The first-order valence-electron chi connectivity index (χ1n) is 6.67. The summed E-state index contributed by atoms with van der Waals surface area (Å²) in [5.41, 5.74) is 8.03. The molecule has 0 saturated heterocycles. The third kappa shape index (κ3) is 4.76. The third-order valence-electron chi connectivity index (χ3n) is 3.39. The molecule has 1 unspecified atom stereocenters. The molecular weight excluding hydrogens is 292 g/mol. The van der Waals surface area contributed by atoms with Gasteiger partial charge in [-0.05, 0) is 36.6 Å². The van der Waals surface area contributed by atoms with Gasteiger partial charge in [-0.3, -0.25) is 0 Å². The van der Waals surface area contributed by atoms with E-state index in [9.17, 15) is 8.42 Å². The average Bonchev–Trinajstić information content (AvgIpc) is 2.45. The average molecular weight is 316 g/mol. The second-order valence-corrected chi connectivity index (χ2v) is 6.64. The SMILES string of the molecule is COCC(CNS(=O)(=O)c1cc(CN)cc(C)c1C)OC. The number of methoxy groups -OCH3 is 2. The molecule has 0 amide bonds. The van der Waals surface area contributed by atoms with E-state index in [-0.39, 0.29) is 17.5 Å². The third-order valence-corrected chi connectivity index (χ3v) is 4.94. The van der Waals surface area contributed by atoms with Crippen molar-refractivity contribution in [1.29, 1.82) is 0 Å². The number of nitrogens with two attached hydrogens (primary N) is 1. The molecule has 6 nitrogen and oxygen atoms in total. The molecule has 1 aromatic rings. The van der Waals surface area contributed by atoms with Gasteiger partial charge in [-0.15, -0.1) is 0 Å². The second kappa shape index (κ2) is 7.86. The number of ether oxygens (including phenoxy) is 2. The molecule has 0 radical (unpaired) electrons. The summed E-state index contributed by atoms with van der Waals surface area (Å²) in [5.74, 6) is 0. The van der Waals surface area contributed by atoms with E-state index in [4.69, 9.17) is 15.2 Å². The van der Waals surface area contributed by atoms with E-state index in [1.165, 1.54) is 7.11 Å². The molecule has 1 rings (SSSR count). The predicted molar refractivity (Wildman–Crippen MR) is 81.7 cm³/mol. The molecule has 21 heavy (non-hydrogen) atoms. The molecule has 0 aliphatic heterocycles. The van der Waals surface area contributed by atoms with Crippen LogP contribution in [-0.4, -0.2) is 41.9 Å². The van der Waals surface area contributed by atoms with Gasteiger partial charge >= 0.3 is 0 Å². The topological polar surface area (TPSA) is 90.7 Å². The highest BCUT2D eigenvalue weighted by Crippen LogP contribution is 2.21. The Bertz CT molecular complexity index is 573. The van der Waals surface area contributed by atoms with Crippen LogP contribution < -0.4 is 10.5 Å². The van der Waals surface area contributed by atoms with Crippen LogP contribution in [0.2, 0.25) is 0 Å². The van der Waals surface area contributed by atoms with E-state index in [1.807, 2.05) is 13.0 Å². The first-order valence-corrected chi connectivity index (χ1v) is 8.15. The molecule has 0 spiro atoms. The van der Waals surface area contributed by atoms with Crippen LogP contribution in [0, 0.1) is 13.8 Å². The molecule has 1 aromatic carbocycles. The van der Waals surface area contributed by atoms with Crippen molar-refractivity contribution in [3.8, 4) is 0 Å². The standard InChI is InChI=1S/C14H24N2O4S/c1-10-5-12(7-15)6-14(11(10)2)21(17,18)16-8-13(20-4)9-19-3/h5-6,13,16H,7-9,15H2,1-4H3. The van der Waals surface area contributed by atoms with Crippen LogP contribution in [-0.2, 0) is 26.0 Å². The van der Waals surface area contributed by atoms with Gasteiger partial charge < -0.3 is 15.2 Å². The lowest BCUT2D eigenvalue weighted by atomic mass is 10.1. The fraction of sp³-hybridized carbons (Fsp3) is 0.571. The zero-order valence-electron chi connectivity index (χ0n) is 13.0. The largest absolute Gasteiger partial charge is 0.382 e. The zero-order valence-corrected chi connectivity index (χ0v) is 13.8. The number of rotatable bonds is 8. The number of hydrogen-bond acceptors (Lipinski definition) is 5. The van der Waals surface area contributed by atoms with Gasteiger partial charge in [0.05, 0.1) is 17.6 Å². The molecule has 0 bridgehead atoms. The van der Waals surface area contributed by atoms with Crippen LogP contribution in [0.15, 0.2) is 17.0 Å². The lowest BCUT2D eigenvalue weighted by molar-refractivity contribution is 0.0320. The van der Waals surface area contributed by atoms with Crippen LogP contribution in [0.25, 0.3) is 0 Å². The van der Waals surface area contributed by atoms with E-state index >= 15 is 0 Å². The normalized spacial score (nSPS) is 13.4. The van der Waals surface area contributed by atoms with Crippen LogP contribution in [0.3, 0.4) is 0 Å². The Labute approximate surface area is 126 Å². The van der Waals surface area contributed by atoms with Gasteiger partial charge in [0.1, 0.15) is 0 Å². The van der Waals surface area contributed by atoms with Crippen molar-refractivity contribution >= 4 is 10.0 Å². The summed E-state index contributed by atoms with van der Waals surface area (Å²) in [6.45, 7) is 4.43. The van der Waals surface area contributed by atoms with Crippen molar-refractivity contribution in [2.45, 2.75) is 31.4 Å². The van der Waals surface area contributed by atoms with Gasteiger partial charge in [-0.25, -0.2) is 13.1 Å². The Morgan fingerprint density at radius 2 is 1.95 bits per heavy atom. The van der Waals surface area contributed by atoms with Crippen molar-refractivity contribution < 1.29 is 17.9 Å². The zero-order chi connectivity index (χ0) is 16.0. The summed E-state index contributed by atoms with van der Waals surface area (Å²) >= 11 is 0. The second-order valence-electron chi connectivity index (χ2n) is 4.90. The minimum absolute atomic E-state index is 0.151. The summed E-state index contributed by atoms with van der Waals surface area (Å²) in [7, 11) is -0.554. The van der Waals surface area contributed by atoms with Crippen molar-refractivity contribution in [3.05, 3.63) is 28.8 Å². The molecule has 0 aliphatic rings. The van der Waals surface area contributed by atoms with Crippen LogP contribution >= 0.6 is 0 Å². The minimum atomic E-state index is -3.61. The monoisotopic (exact) mass is 316 g/mol. The fourth-order valence-electron chi connectivity index (χ4n) is 1.97. The molecule has 0 fully saturated rings. The quantitative estimate of drug-likeness (QED) is 0.737. The molecule has 0 saturated carbocycles. The summed E-state index contributed by atoms with van der Waals surface area (Å²) in [4.78, 5) is 0.259. The van der Waals surface area contributed by atoms with E-state index in [0.717, 1.165) is 16.7 Å². The lowest BCUT2D eigenvalue weighted by Gasteiger charge is -2.17. The predicted octanol–water partition coefficient (Wildman–Crippen LogP) is 0.702. The maximum absolute atomic E-state index is 12.4. The Morgan fingerprint density at radius 1 is 1.29 bits per heavy atom. The van der Waals surface area contributed by atoms with Crippen molar-refractivity contribution in [3.63, 3.8) is 0 Å². The smallest absolute Gasteiger partial charge is 0.240 e. The van der Waals surface area contributed by atoms with Crippen molar-refractivity contribution in [2.24, 2.45) is 5.73 Å². The summed E-state index contributed by atoms with van der Waals surface area (Å²) in [6, 6.07) is 3.51. The maximum Gasteiger partial charge on any atom is 0.240 e. The van der Waals surface area contributed by atoms with Crippen LogP contribution in [0.5, 0.6) is 0 Å². The van der Waals surface area contributed by atoms with Gasteiger partial charge in [0.2, 0.25) is 10.0 Å². The number of nitrogens with one attached hydrogen (secondary N) is 1. The number of benzene rings is 1. The highest BCUT2D eigenvalue weighted by Gasteiger charge is 2.20. The molecule has 0 heterocycles. The Kier molecular flexibility index (Phi) is 6.76. The Balaban J connectivity index is 3.00. The van der Waals surface area contributed by atoms with Gasteiger partial charge in [0.15, 0.2) is 0 Å². The van der Waals surface area contributed by atoms with E-state index in [1.54, 1.807) is 20.1 Å². The van der Waals surface area contributed by atoms with Crippen LogP contribution in [0.1, 0.15) is 16.7 Å². The van der Waals surface area contributed by atoms with Gasteiger partial charge in [-0.1, -0.05) is 6.07 Å². The molecule has 0 aromatic heterocycles. The molecular formula is C14H24N2O4S. The first kappa shape index (κ1) is 18.1. The van der Waals surface area contributed by atoms with Crippen molar-refractivity contribution in [1.82, 2.24) is 4.72 Å². The van der Waals surface area contributed by atoms with Gasteiger partial charge in [0.25, 0.3) is 0 Å². The highest BCUT2D eigenvalue weighted by atomic mass is 32.2. The van der Waals surface area contributed by atoms with Gasteiger partial charge in [-0.2, -0.15) is 0 Å². The highest BCUT2D eigenvalue weighted by molar-refractivity contribution is 7.89. The maximum atomic E-state index is 12.4. The lowest BCUT2D eigenvalue weighted by Crippen LogP contribution is -2.36.